The fourth-order valence-corrected chi connectivity index (χ4v) is 2.86. The molecule has 0 radical (unpaired) electrons. The van der Waals surface area contributed by atoms with Gasteiger partial charge in [-0.15, -0.1) is 11.3 Å². The summed E-state index contributed by atoms with van der Waals surface area (Å²) in [6.07, 6.45) is 2.02. The minimum Gasteiger partial charge on any atom is -0.331 e. The summed E-state index contributed by atoms with van der Waals surface area (Å²) in [4.78, 5) is 4.54. The zero-order chi connectivity index (χ0) is 15.2. The molecule has 0 aliphatic carbocycles. The molecule has 1 atom stereocenters. The third kappa shape index (κ3) is 4.95. The number of anilines is 2. The van der Waals surface area contributed by atoms with Gasteiger partial charge in [0.15, 0.2) is 5.13 Å². The highest BCUT2D eigenvalue weighted by atomic mass is 35.5. The number of rotatable bonds is 7. The van der Waals surface area contributed by atoms with Gasteiger partial charge in [0.25, 0.3) is 0 Å². The third-order valence-electron chi connectivity index (χ3n) is 2.98. The van der Waals surface area contributed by atoms with E-state index in [4.69, 9.17) is 11.6 Å². The quantitative estimate of drug-likeness (QED) is 0.779. The summed E-state index contributed by atoms with van der Waals surface area (Å²) in [6.45, 7) is 5.32. The van der Waals surface area contributed by atoms with Gasteiger partial charge in [-0.05, 0) is 38.1 Å². The lowest BCUT2D eigenvalue weighted by Gasteiger charge is -2.10. The first-order chi connectivity index (χ1) is 10.1. The number of hydrogen-bond donors (Lipinski definition) is 2. The van der Waals surface area contributed by atoms with E-state index < -0.39 is 5.82 Å². The van der Waals surface area contributed by atoms with Crippen LogP contribution >= 0.6 is 22.9 Å². The normalized spacial score (nSPS) is 12.4. The lowest BCUT2D eigenvalue weighted by atomic mass is 10.2. The van der Waals surface area contributed by atoms with E-state index >= 15 is 0 Å². The monoisotopic (exact) mass is 327 g/mol. The standard InChI is InChI=1S/C15H19ClFN3S/c1-3-6-18-10(2)7-12-9-21-15(20-12)19-11-4-5-14(17)13(16)8-11/h4-5,8-10,18H,3,6-7H2,1-2H3,(H,19,20). The fourth-order valence-electron chi connectivity index (χ4n) is 1.93. The molecule has 0 aliphatic heterocycles. The molecule has 0 fully saturated rings. The molecule has 0 spiro atoms. The summed E-state index contributed by atoms with van der Waals surface area (Å²) >= 11 is 7.30. The van der Waals surface area contributed by atoms with Crippen LogP contribution in [0.5, 0.6) is 0 Å². The Morgan fingerprint density at radius 1 is 1.43 bits per heavy atom. The minimum atomic E-state index is -0.419. The van der Waals surface area contributed by atoms with Crippen LogP contribution in [0.1, 0.15) is 26.0 Å². The van der Waals surface area contributed by atoms with Gasteiger partial charge >= 0.3 is 0 Å². The largest absolute Gasteiger partial charge is 0.331 e. The Balaban J connectivity index is 1.94. The first-order valence-corrected chi connectivity index (χ1v) is 8.24. The molecule has 0 bridgehead atoms. The molecule has 0 amide bonds. The molecule has 2 N–H and O–H groups in total. The second-order valence-corrected chi connectivity index (χ2v) is 6.22. The average molecular weight is 328 g/mol. The van der Waals surface area contributed by atoms with E-state index in [1.807, 2.05) is 5.38 Å². The van der Waals surface area contributed by atoms with Crippen molar-refractivity contribution in [2.45, 2.75) is 32.7 Å². The molecule has 2 rings (SSSR count). The van der Waals surface area contributed by atoms with Crippen LogP contribution in [-0.4, -0.2) is 17.6 Å². The maximum Gasteiger partial charge on any atom is 0.187 e. The van der Waals surface area contributed by atoms with Crippen molar-refractivity contribution >= 4 is 33.8 Å². The molecular formula is C15H19ClFN3S. The number of halogens is 2. The van der Waals surface area contributed by atoms with Crippen molar-refractivity contribution < 1.29 is 4.39 Å². The number of aromatic nitrogens is 1. The van der Waals surface area contributed by atoms with Gasteiger partial charge in [0.05, 0.1) is 10.7 Å². The van der Waals surface area contributed by atoms with Crippen molar-refractivity contribution in [3.05, 3.63) is 40.1 Å². The van der Waals surface area contributed by atoms with Gasteiger partial charge in [0, 0.05) is 23.5 Å². The SMILES string of the molecule is CCCNC(C)Cc1csc(Nc2ccc(F)c(Cl)c2)n1. The maximum atomic E-state index is 13.1. The van der Waals surface area contributed by atoms with Crippen LogP contribution in [0, 0.1) is 5.82 Å². The van der Waals surface area contributed by atoms with Crippen LogP contribution in [0.2, 0.25) is 5.02 Å². The summed E-state index contributed by atoms with van der Waals surface area (Å²) in [6, 6.07) is 4.95. The van der Waals surface area contributed by atoms with Gasteiger partial charge in [-0.1, -0.05) is 18.5 Å². The molecule has 1 aromatic carbocycles. The zero-order valence-electron chi connectivity index (χ0n) is 12.1. The Bertz CT molecular complexity index is 588. The van der Waals surface area contributed by atoms with E-state index in [2.05, 4.69) is 29.5 Å². The Kier molecular flexibility index (Phi) is 5.96. The van der Waals surface area contributed by atoms with Crippen molar-refractivity contribution in [3.8, 4) is 0 Å². The number of nitrogens with zero attached hydrogens (tertiary/aromatic N) is 1. The van der Waals surface area contributed by atoms with Crippen molar-refractivity contribution in [2.24, 2.45) is 0 Å². The highest BCUT2D eigenvalue weighted by Gasteiger charge is 2.08. The maximum absolute atomic E-state index is 13.1. The molecule has 0 saturated heterocycles. The molecule has 0 saturated carbocycles. The van der Waals surface area contributed by atoms with Crippen LogP contribution in [0.3, 0.4) is 0 Å². The summed E-state index contributed by atoms with van der Waals surface area (Å²) in [5.74, 6) is -0.419. The molecule has 3 nitrogen and oxygen atoms in total. The van der Waals surface area contributed by atoms with Crippen LogP contribution in [0.25, 0.3) is 0 Å². The van der Waals surface area contributed by atoms with Gasteiger partial charge in [0.2, 0.25) is 0 Å². The van der Waals surface area contributed by atoms with Crippen molar-refractivity contribution in [2.75, 3.05) is 11.9 Å². The summed E-state index contributed by atoms with van der Waals surface area (Å²) in [7, 11) is 0. The van der Waals surface area contributed by atoms with E-state index in [9.17, 15) is 4.39 Å². The number of nitrogens with one attached hydrogen (secondary N) is 2. The molecule has 2 aromatic rings. The van der Waals surface area contributed by atoms with E-state index in [1.165, 1.54) is 17.4 Å². The predicted octanol–water partition coefficient (Wildman–Crippen LogP) is 4.61. The highest BCUT2D eigenvalue weighted by molar-refractivity contribution is 7.13. The van der Waals surface area contributed by atoms with Crippen LogP contribution < -0.4 is 10.6 Å². The highest BCUT2D eigenvalue weighted by Crippen LogP contribution is 2.25. The second-order valence-electron chi connectivity index (χ2n) is 4.96. The predicted molar refractivity (Wildman–Crippen MR) is 88.3 cm³/mol. The van der Waals surface area contributed by atoms with Crippen molar-refractivity contribution in [1.82, 2.24) is 10.3 Å². The fraction of sp³-hybridized carbons (Fsp3) is 0.400. The van der Waals surface area contributed by atoms with Crippen LogP contribution in [-0.2, 0) is 6.42 Å². The lowest BCUT2D eigenvalue weighted by molar-refractivity contribution is 0.540. The average Bonchev–Trinajstić information content (AvgIpc) is 2.88. The molecule has 114 valence electrons. The number of thiazole rings is 1. The van der Waals surface area contributed by atoms with E-state index in [1.54, 1.807) is 12.1 Å². The molecule has 6 heteroatoms. The summed E-state index contributed by atoms with van der Waals surface area (Å²) in [5.41, 5.74) is 1.78. The lowest BCUT2D eigenvalue weighted by Crippen LogP contribution is -2.28. The topological polar surface area (TPSA) is 37.0 Å². The first-order valence-electron chi connectivity index (χ1n) is 6.98. The summed E-state index contributed by atoms with van der Waals surface area (Å²) in [5, 5.41) is 9.52. The van der Waals surface area contributed by atoms with E-state index in [0.29, 0.717) is 6.04 Å². The molecular weight excluding hydrogens is 309 g/mol. The van der Waals surface area contributed by atoms with Crippen molar-refractivity contribution in [3.63, 3.8) is 0 Å². The van der Waals surface area contributed by atoms with Gasteiger partial charge < -0.3 is 10.6 Å². The summed E-state index contributed by atoms with van der Waals surface area (Å²) < 4.78 is 13.1. The second kappa shape index (κ2) is 7.73. The smallest absolute Gasteiger partial charge is 0.187 e. The van der Waals surface area contributed by atoms with E-state index in [0.717, 1.165) is 35.9 Å². The van der Waals surface area contributed by atoms with Crippen LogP contribution in [0.15, 0.2) is 23.6 Å². The van der Waals surface area contributed by atoms with Gasteiger partial charge in [-0.3, -0.25) is 0 Å². The van der Waals surface area contributed by atoms with Gasteiger partial charge in [-0.25, -0.2) is 9.37 Å². The molecule has 1 unspecified atom stereocenters. The molecule has 1 heterocycles. The number of benzene rings is 1. The molecule has 1 aromatic heterocycles. The third-order valence-corrected chi connectivity index (χ3v) is 4.08. The minimum absolute atomic E-state index is 0.106. The zero-order valence-corrected chi connectivity index (χ0v) is 13.7. The molecule has 0 aliphatic rings. The molecule has 21 heavy (non-hydrogen) atoms. The van der Waals surface area contributed by atoms with E-state index in [-0.39, 0.29) is 5.02 Å². The Morgan fingerprint density at radius 2 is 2.24 bits per heavy atom. The van der Waals surface area contributed by atoms with Gasteiger partial charge in [0.1, 0.15) is 5.82 Å². The van der Waals surface area contributed by atoms with Gasteiger partial charge in [-0.2, -0.15) is 0 Å². The Hall–Kier alpha value is -1.17. The van der Waals surface area contributed by atoms with Crippen molar-refractivity contribution in [1.29, 1.82) is 0 Å². The first kappa shape index (κ1) is 16.2. The Labute approximate surface area is 133 Å². The Morgan fingerprint density at radius 3 is 2.95 bits per heavy atom. The van der Waals surface area contributed by atoms with Crippen LogP contribution in [0.4, 0.5) is 15.2 Å². The number of hydrogen-bond acceptors (Lipinski definition) is 4.